The molecule has 9 heteroatoms. The zero-order valence-electron chi connectivity index (χ0n) is 15.5. The Labute approximate surface area is 149 Å². The van der Waals surface area contributed by atoms with Crippen LogP contribution in [0.5, 0.6) is 0 Å². The fourth-order valence-corrected chi connectivity index (χ4v) is 2.19. The Balaban J connectivity index is 0.000000450. The van der Waals surface area contributed by atoms with Gasteiger partial charge in [0.1, 0.15) is 17.9 Å². The number of nitrogens with zero attached hydrogens (tertiary/aromatic N) is 3. The van der Waals surface area contributed by atoms with Crippen molar-refractivity contribution in [2.24, 2.45) is 5.92 Å². The largest absolute Gasteiger partial charge is 0.382 e. The second-order valence-electron chi connectivity index (χ2n) is 6.06. The molecule has 2 aromatic rings. The zero-order valence-corrected chi connectivity index (χ0v) is 16.3. The molecule has 2 rings (SSSR count). The first-order valence-corrected chi connectivity index (χ1v) is 9.85. The summed E-state index contributed by atoms with van der Waals surface area (Å²) in [5.41, 5.74) is 8.71. The Morgan fingerprint density at radius 2 is 1.92 bits per heavy atom. The van der Waals surface area contributed by atoms with Crippen LogP contribution in [-0.2, 0) is 28.0 Å². The van der Waals surface area contributed by atoms with E-state index in [2.05, 4.69) is 28.4 Å². The van der Waals surface area contributed by atoms with Crippen LogP contribution in [0, 0.1) is 12.8 Å². The standard InChI is InChI=1S/C14H22N4O.C2H6O3S/c1-5-19-8-12-17-13-11(18(12)7-9(2)3)6-10(4)16-14(13)15;1-2-6(3,4)5/h6,9H,5,7-8H2,1-4H3,(H2,15,16);2H2,1H3,(H,3,4,5). The van der Waals surface area contributed by atoms with Gasteiger partial charge in [-0.15, -0.1) is 0 Å². The van der Waals surface area contributed by atoms with Gasteiger partial charge in [-0.1, -0.05) is 13.8 Å². The van der Waals surface area contributed by atoms with Crippen molar-refractivity contribution < 1.29 is 17.7 Å². The lowest BCUT2D eigenvalue weighted by atomic mass is 10.2. The van der Waals surface area contributed by atoms with E-state index in [0.29, 0.717) is 24.9 Å². The van der Waals surface area contributed by atoms with Gasteiger partial charge >= 0.3 is 0 Å². The maximum Gasteiger partial charge on any atom is 0.264 e. The summed E-state index contributed by atoms with van der Waals surface area (Å²) in [5, 5.41) is 0. The smallest absolute Gasteiger partial charge is 0.264 e. The van der Waals surface area contributed by atoms with Gasteiger partial charge in [0.05, 0.1) is 11.3 Å². The fourth-order valence-electron chi connectivity index (χ4n) is 2.19. The minimum absolute atomic E-state index is 0.201. The number of aryl methyl sites for hydroxylation is 1. The third-order valence-electron chi connectivity index (χ3n) is 3.32. The van der Waals surface area contributed by atoms with Gasteiger partial charge in [0, 0.05) is 18.8 Å². The molecule has 3 N–H and O–H groups in total. The number of pyridine rings is 1. The van der Waals surface area contributed by atoms with E-state index < -0.39 is 10.1 Å². The number of imidazole rings is 1. The van der Waals surface area contributed by atoms with Crippen LogP contribution in [0.2, 0.25) is 0 Å². The van der Waals surface area contributed by atoms with Crippen molar-refractivity contribution in [2.45, 2.75) is 47.8 Å². The summed E-state index contributed by atoms with van der Waals surface area (Å²) < 4.78 is 34.6. The molecule has 0 saturated carbocycles. The number of anilines is 1. The molecular weight excluding hydrogens is 344 g/mol. The van der Waals surface area contributed by atoms with Gasteiger partial charge in [-0.05, 0) is 32.8 Å². The molecule has 0 aliphatic heterocycles. The second-order valence-corrected chi connectivity index (χ2v) is 7.80. The number of hydrogen-bond donors (Lipinski definition) is 2. The number of nitrogen functional groups attached to an aromatic ring is 1. The molecule has 0 amide bonds. The molecule has 0 aliphatic rings. The first-order chi connectivity index (χ1) is 11.6. The number of nitrogens with two attached hydrogens (primary N) is 1. The summed E-state index contributed by atoms with van der Waals surface area (Å²) in [7, 11) is -3.66. The van der Waals surface area contributed by atoms with Crippen LogP contribution in [0.1, 0.15) is 39.2 Å². The van der Waals surface area contributed by atoms with Gasteiger partial charge in [0.15, 0.2) is 5.82 Å². The number of rotatable bonds is 6. The summed E-state index contributed by atoms with van der Waals surface area (Å²) in [6.45, 7) is 11.8. The van der Waals surface area contributed by atoms with Crippen LogP contribution in [0.4, 0.5) is 5.82 Å². The maximum atomic E-state index is 9.56. The lowest BCUT2D eigenvalue weighted by molar-refractivity contribution is 0.125. The van der Waals surface area contributed by atoms with E-state index >= 15 is 0 Å². The molecule has 0 unspecified atom stereocenters. The number of fused-ring (bicyclic) bond motifs is 1. The number of hydrogen-bond acceptors (Lipinski definition) is 6. The quantitative estimate of drug-likeness (QED) is 0.747. The van der Waals surface area contributed by atoms with E-state index in [-0.39, 0.29) is 5.75 Å². The Bertz CT molecular complexity index is 800. The minimum atomic E-state index is -3.66. The SMILES string of the molecule is CCOCc1nc2c(N)nc(C)cc2n1CC(C)C.CCS(=O)(=O)O. The normalized spacial score (nSPS) is 11.6. The van der Waals surface area contributed by atoms with Crippen molar-refractivity contribution >= 4 is 27.0 Å². The maximum absolute atomic E-state index is 9.56. The van der Waals surface area contributed by atoms with Crippen LogP contribution in [-0.4, -0.2) is 39.9 Å². The van der Waals surface area contributed by atoms with E-state index in [1.54, 1.807) is 0 Å². The molecule has 0 saturated heterocycles. The molecule has 0 fully saturated rings. The van der Waals surface area contributed by atoms with E-state index in [4.69, 9.17) is 15.0 Å². The molecule has 0 aromatic carbocycles. The lowest BCUT2D eigenvalue weighted by Gasteiger charge is -2.12. The van der Waals surface area contributed by atoms with Crippen molar-refractivity contribution in [3.63, 3.8) is 0 Å². The summed E-state index contributed by atoms with van der Waals surface area (Å²) in [6.07, 6.45) is 0. The second kappa shape index (κ2) is 9.12. The fraction of sp³-hybridized carbons (Fsp3) is 0.625. The number of aromatic nitrogens is 3. The van der Waals surface area contributed by atoms with Gasteiger partial charge in [-0.2, -0.15) is 8.42 Å². The highest BCUT2D eigenvalue weighted by Gasteiger charge is 2.15. The molecule has 0 atom stereocenters. The Kier molecular flexibility index (Phi) is 7.78. The molecule has 2 aromatic heterocycles. The molecule has 2 heterocycles. The average Bonchev–Trinajstić information content (AvgIpc) is 2.83. The molecule has 0 aliphatic carbocycles. The summed E-state index contributed by atoms with van der Waals surface area (Å²) >= 11 is 0. The highest BCUT2D eigenvalue weighted by atomic mass is 32.2. The monoisotopic (exact) mass is 372 g/mol. The van der Waals surface area contributed by atoms with Crippen molar-refractivity contribution in [2.75, 3.05) is 18.1 Å². The van der Waals surface area contributed by atoms with Gasteiger partial charge in [0.25, 0.3) is 10.1 Å². The topological polar surface area (TPSA) is 120 Å². The molecular formula is C16H28N4O4S. The molecule has 0 bridgehead atoms. The van der Waals surface area contributed by atoms with Crippen molar-refractivity contribution in [3.8, 4) is 0 Å². The van der Waals surface area contributed by atoms with Gasteiger partial charge in [-0.25, -0.2) is 9.97 Å². The van der Waals surface area contributed by atoms with Crippen LogP contribution < -0.4 is 5.73 Å². The third kappa shape index (κ3) is 6.60. The molecule has 0 radical (unpaired) electrons. The zero-order chi connectivity index (χ0) is 19.2. The predicted octanol–water partition coefficient (Wildman–Crippen LogP) is 2.41. The average molecular weight is 372 g/mol. The first-order valence-electron chi connectivity index (χ1n) is 8.24. The Morgan fingerprint density at radius 3 is 2.40 bits per heavy atom. The van der Waals surface area contributed by atoms with Crippen LogP contribution in [0.3, 0.4) is 0 Å². The number of ether oxygens (including phenoxy) is 1. The highest BCUT2D eigenvalue weighted by molar-refractivity contribution is 7.85. The van der Waals surface area contributed by atoms with E-state index in [0.717, 1.165) is 29.1 Å². The Hall–Kier alpha value is -1.71. The van der Waals surface area contributed by atoms with Crippen molar-refractivity contribution in [1.82, 2.24) is 14.5 Å². The summed E-state index contributed by atoms with van der Waals surface area (Å²) in [5.74, 6) is 1.75. The third-order valence-corrected chi connectivity index (χ3v) is 4.05. The van der Waals surface area contributed by atoms with Crippen LogP contribution >= 0.6 is 0 Å². The van der Waals surface area contributed by atoms with Gasteiger partial charge < -0.3 is 15.0 Å². The van der Waals surface area contributed by atoms with Crippen molar-refractivity contribution in [1.29, 1.82) is 0 Å². The Morgan fingerprint density at radius 1 is 1.32 bits per heavy atom. The summed E-state index contributed by atoms with van der Waals surface area (Å²) in [4.78, 5) is 8.87. The van der Waals surface area contributed by atoms with E-state index in [1.807, 2.05) is 19.9 Å². The van der Waals surface area contributed by atoms with Crippen LogP contribution in [0.25, 0.3) is 11.0 Å². The first kappa shape index (κ1) is 21.3. The van der Waals surface area contributed by atoms with Gasteiger partial charge in [0.2, 0.25) is 0 Å². The molecule has 25 heavy (non-hydrogen) atoms. The molecule has 8 nitrogen and oxygen atoms in total. The van der Waals surface area contributed by atoms with E-state index in [9.17, 15) is 8.42 Å². The van der Waals surface area contributed by atoms with Gasteiger partial charge in [-0.3, -0.25) is 4.55 Å². The highest BCUT2D eigenvalue weighted by Crippen LogP contribution is 2.23. The lowest BCUT2D eigenvalue weighted by Crippen LogP contribution is -2.10. The summed E-state index contributed by atoms with van der Waals surface area (Å²) in [6, 6.07) is 2.04. The van der Waals surface area contributed by atoms with Crippen molar-refractivity contribution in [3.05, 3.63) is 17.6 Å². The predicted molar refractivity (Wildman–Crippen MR) is 98.9 cm³/mol. The minimum Gasteiger partial charge on any atom is -0.382 e. The van der Waals surface area contributed by atoms with Crippen LogP contribution in [0.15, 0.2) is 6.07 Å². The molecule has 0 spiro atoms. The van der Waals surface area contributed by atoms with E-state index in [1.165, 1.54) is 6.92 Å². The molecule has 142 valence electrons.